The molecule has 0 aromatic heterocycles. The van der Waals surface area contributed by atoms with E-state index in [0.29, 0.717) is 0 Å². The van der Waals surface area contributed by atoms with Crippen LogP contribution in [0.15, 0.2) is 65.7 Å². The van der Waals surface area contributed by atoms with E-state index >= 15 is 0 Å². The highest BCUT2D eigenvalue weighted by Crippen LogP contribution is 2.33. The SMILES string of the molecule is C=NCCCP(c1ccccc1)c1ccccc1. The fourth-order valence-corrected chi connectivity index (χ4v) is 4.30. The molecule has 0 aliphatic rings. The van der Waals surface area contributed by atoms with Gasteiger partial charge in [0.15, 0.2) is 0 Å². The average Bonchev–Trinajstić information content (AvgIpc) is 2.46. The predicted molar refractivity (Wildman–Crippen MR) is 83.0 cm³/mol. The Bertz CT molecular complexity index is 427. The van der Waals surface area contributed by atoms with Gasteiger partial charge in [0.25, 0.3) is 0 Å². The lowest BCUT2D eigenvalue weighted by Gasteiger charge is -2.18. The van der Waals surface area contributed by atoms with Gasteiger partial charge in [-0.3, -0.25) is 0 Å². The first-order valence-corrected chi connectivity index (χ1v) is 7.74. The standard InChI is InChI=1S/C16H18NP/c1-17-13-8-14-18(15-9-4-2-5-10-15)16-11-6-3-7-12-16/h2-7,9-12H,1,8,13-14H2. The summed E-state index contributed by atoms with van der Waals surface area (Å²) in [5, 5.41) is 2.89. The Morgan fingerprint density at radius 1 is 0.833 bits per heavy atom. The lowest BCUT2D eigenvalue weighted by molar-refractivity contribution is 0.948. The third kappa shape index (κ3) is 3.51. The number of aliphatic imine (C=N–C) groups is 1. The minimum absolute atomic E-state index is 0.250. The first kappa shape index (κ1) is 13.0. The maximum atomic E-state index is 3.96. The van der Waals surface area contributed by atoms with Crippen LogP contribution in [0.3, 0.4) is 0 Å². The molecule has 0 unspecified atom stereocenters. The number of hydrogen-bond acceptors (Lipinski definition) is 1. The largest absolute Gasteiger partial charge is 0.301 e. The Morgan fingerprint density at radius 2 is 1.33 bits per heavy atom. The molecule has 0 heterocycles. The minimum Gasteiger partial charge on any atom is -0.301 e. The van der Waals surface area contributed by atoms with Crippen molar-refractivity contribution in [2.45, 2.75) is 6.42 Å². The Kier molecular flexibility index (Phi) is 5.11. The molecule has 0 saturated carbocycles. The third-order valence-corrected chi connectivity index (χ3v) is 5.44. The van der Waals surface area contributed by atoms with Crippen LogP contribution in [0.4, 0.5) is 0 Å². The lowest BCUT2D eigenvalue weighted by Crippen LogP contribution is -2.14. The summed E-state index contributed by atoms with van der Waals surface area (Å²) in [7, 11) is -0.250. The molecule has 0 bridgehead atoms. The number of benzene rings is 2. The fraction of sp³-hybridized carbons (Fsp3) is 0.188. The molecule has 0 N–H and O–H groups in total. The van der Waals surface area contributed by atoms with Gasteiger partial charge in [0.1, 0.15) is 0 Å². The van der Waals surface area contributed by atoms with Gasteiger partial charge in [-0.15, -0.1) is 0 Å². The maximum absolute atomic E-state index is 3.96. The van der Waals surface area contributed by atoms with Crippen molar-refractivity contribution in [2.75, 3.05) is 12.7 Å². The summed E-state index contributed by atoms with van der Waals surface area (Å²) in [5.41, 5.74) is 0. The monoisotopic (exact) mass is 255 g/mol. The topological polar surface area (TPSA) is 12.4 Å². The van der Waals surface area contributed by atoms with Crippen molar-refractivity contribution in [3.05, 3.63) is 60.7 Å². The second kappa shape index (κ2) is 7.08. The summed E-state index contributed by atoms with van der Waals surface area (Å²) in [5.74, 6) is 0. The van der Waals surface area contributed by atoms with Gasteiger partial charge >= 0.3 is 0 Å². The molecule has 0 radical (unpaired) electrons. The van der Waals surface area contributed by atoms with E-state index in [4.69, 9.17) is 0 Å². The van der Waals surface area contributed by atoms with Crippen LogP contribution in [-0.4, -0.2) is 19.4 Å². The molecule has 2 rings (SSSR count). The zero-order valence-electron chi connectivity index (χ0n) is 10.5. The quantitative estimate of drug-likeness (QED) is 0.427. The van der Waals surface area contributed by atoms with Crippen molar-refractivity contribution >= 4 is 25.2 Å². The van der Waals surface area contributed by atoms with Crippen LogP contribution in [0.2, 0.25) is 0 Å². The van der Waals surface area contributed by atoms with E-state index in [1.807, 2.05) is 0 Å². The summed E-state index contributed by atoms with van der Waals surface area (Å²) in [6.45, 7) is 4.42. The molecule has 2 aromatic rings. The number of hydrogen-bond donors (Lipinski definition) is 0. The minimum atomic E-state index is -0.250. The molecule has 0 aliphatic carbocycles. The van der Waals surface area contributed by atoms with Gasteiger partial charge in [-0.1, -0.05) is 60.7 Å². The van der Waals surface area contributed by atoms with E-state index in [-0.39, 0.29) is 7.92 Å². The molecule has 0 saturated heterocycles. The second-order valence-corrected chi connectivity index (χ2v) is 6.46. The Morgan fingerprint density at radius 3 is 1.78 bits per heavy atom. The number of rotatable bonds is 6. The highest BCUT2D eigenvalue weighted by molar-refractivity contribution is 7.73. The van der Waals surface area contributed by atoms with E-state index in [1.54, 1.807) is 0 Å². The molecule has 1 nitrogen and oxygen atoms in total. The number of nitrogens with zero attached hydrogens (tertiary/aromatic N) is 1. The predicted octanol–water partition coefficient (Wildman–Crippen LogP) is 3.21. The Labute approximate surface area is 110 Å². The fourth-order valence-electron chi connectivity index (χ4n) is 1.96. The van der Waals surface area contributed by atoms with Crippen molar-refractivity contribution in [1.29, 1.82) is 0 Å². The molecule has 0 atom stereocenters. The van der Waals surface area contributed by atoms with Gasteiger partial charge in [-0.05, 0) is 37.8 Å². The first-order valence-electron chi connectivity index (χ1n) is 6.22. The van der Waals surface area contributed by atoms with E-state index in [1.165, 1.54) is 16.8 Å². The normalized spacial score (nSPS) is 10.5. The zero-order chi connectivity index (χ0) is 12.6. The van der Waals surface area contributed by atoms with Gasteiger partial charge in [-0.2, -0.15) is 0 Å². The lowest BCUT2D eigenvalue weighted by atomic mass is 10.4. The summed E-state index contributed by atoms with van der Waals surface area (Å²) in [4.78, 5) is 3.96. The molecule has 92 valence electrons. The van der Waals surface area contributed by atoms with Crippen LogP contribution in [0.1, 0.15) is 6.42 Å². The molecule has 0 fully saturated rings. The zero-order valence-corrected chi connectivity index (χ0v) is 11.4. The van der Waals surface area contributed by atoms with E-state index in [9.17, 15) is 0 Å². The van der Waals surface area contributed by atoms with E-state index in [0.717, 1.165) is 13.0 Å². The van der Waals surface area contributed by atoms with Crippen LogP contribution >= 0.6 is 7.92 Å². The van der Waals surface area contributed by atoms with Crippen molar-refractivity contribution in [2.24, 2.45) is 4.99 Å². The summed E-state index contributed by atoms with van der Waals surface area (Å²) in [6, 6.07) is 21.6. The van der Waals surface area contributed by atoms with Crippen molar-refractivity contribution in [3.8, 4) is 0 Å². The Hall–Kier alpha value is -1.46. The van der Waals surface area contributed by atoms with Crippen LogP contribution < -0.4 is 10.6 Å². The molecular formula is C16H18NP. The van der Waals surface area contributed by atoms with Crippen molar-refractivity contribution in [3.63, 3.8) is 0 Å². The van der Waals surface area contributed by atoms with Gasteiger partial charge in [0.2, 0.25) is 0 Å². The van der Waals surface area contributed by atoms with Crippen LogP contribution in [0.25, 0.3) is 0 Å². The van der Waals surface area contributed by atoms with Crippen LogP contribution in [0, 0.1) is 0 Å². The molecule has 2 aromatic carbocycles. The molecular weight excluding hydrogens is 237 g/mol. The van der Waals surface area contributed by atoms with Crippen molar-refractivity contribution < 1.29 is 0 Å². The molecule has 0 amide bonds. The molecule has 0 aliphatic heterocycles. The Balaban J connectivity index is 2.21. The summed E-state index contributed by atoms with van der Waals surface area (Å²) >= 11 is 0. The van der Waals surface area contributed by atoms with Crippen LogP contribution in [-0.2, 0) is 0 Å². The highest BCUT2D eigenvalue weighted by atomic mass is 31.1. The highest BCUT2D eigenvalue weighted by Gasteiger charge is 2.12. The second-order valence-electron chi connectivity index (χ2n) is 4.12. The van der Waals surface area contributed by atoms with E-state index < -0.39 is 0 Å². The van der Waals surface area contributed by atoms with Crippen molar-refractivity contribution in [1.82, 2.24) is 0 Å². The van der Waals surface area contributed by atoms with Gasteiger partial charge in [0.05, 0.1) is 0 Å². The summed E-state index contributed by atoms with van der Waals surface area (Å²) in [6.07, 6.45) is 2.29. The smallest absolute Gasteiger partial charge is 0.0385 e. The van der Waals surface area contributed by atoms with Gasteiger partial charge in [-0.25, -0.2) is 0 Å². The molecule has 2 heteroatoms. The maximum Gasteiger partial charge on any atom is 0.0385 e. The third-order valence-electron chi connectivity index (χ3n) is 2.83. The van der Waals surface area contributed by atoms with E-state index in [2.05, 4.69) is 72.4 Å². The van der Waals surface area contributed by atoms with Gasteiger partial charge in [0, 0.05) is 6.54 Å². The van der Waals surface area contributed by atoms with Gasteiger partial charge < -0.3 is 4.99 Å². The molecule has 18 heavy (non-hydrogen) atoms. The van der Waals surface area contributed by atoms with Crippen LogP contribution in [0.5, 0.6) is 0 Å². The molecule has 0 spiro atoms. The average molecular weight is 255 g/mol. The summed E-state index contributed by atoms with van der Waals surface area (Å²) < 4.78 is 0. The first-order chi connectivity index (χ1) is 8.92.